The Bertz CT molecular complexity index is 777. The first-order chi connectivity index (χ1) is 12.5. The Hall–Kier alpha value is -2.69. The van der Waals surface area contributed by atoms with Crippen molar-refractivity contribution in [1.82, 2.24) is 0 Å². The van der Waals surface area contributed by atoms with Gasteiger partial charge in [0, 0.05) is 6.08 Å². The van der Waals surface area contributed by atoms with Gasteiger partial charge in [0.05, 0.1) is 19.6 Å². The zero-order valence-corrected chi connectivity index (χ0v) is 15.4. The number of fused-ring (bicyclic) bond motifs is 1. The minimum atomic E-state index is -0.717. The molecule has 0 radical (unpaired) electrons. The molecule has 0 amide bonds. The van der Waals surface area contributed by atoms with Gasteiger partial charge in [-0.15, -0.1) is 6.58 Å². The van der Waals surface area contributed by atoms with Crippen molar-refractivity contribution in [2.24, 2.45) is 11.3 Å². The molecule has 5 heteroatoms. The van der Waals surface area contributed by atoms with Crippen LogP contribution in [-0.2, 0) is 20.7 Å². The lowest BCUT2D eigenvalue weighted by Gasteiger charge is -2.36. The summed E-state index contributed by atoms with van der Waals surface area (Å²) in [5, 5.41) is 0. The standard InChI is InChI=1S/C21H24O5/c1-5-8-21(12-19(24-4)17(23-3)11-20(21)22)14(2)9-15-6-7-16-18(10-15)26-13-25-16/h5-7,10-12,14H,1,8-9,13H2,2-4H3/t14-,21+/m1/s1. The van der Waals surface area contributed by atoms with Crippen molar-refractivity contribution in [2.45, 2.75) is 19.8 Å². The van der Waals surface area contributed by atoms with E-state index in [1.165, 1.54) is 13.2 Å². The number of allylic oxidation sites excluding steroid dienone is 3. The van der Waals surface area contributed by atoms with Crippen molar-refractivity contribution in [1.29, 1.82) is 0 Å². The number of benzene rings is 1. The lowest BCUT2D eigenvalue weighted by Crippen LogP contribution is -2.38. The normalized spacial score (nSPS) is 22.3. The molecule has 3 rings (SSSR count). The SMILES string of the molecule is C=CC[C@@]1([C@H](C)Cc2ccc3c(c2)OCO3)C=C(OC)C(OC)=CC1=O. The minimum Gasteiger partial charge on any atom is -0.493 e. The zero-order valence-electron chi connectivity index (χ0n) is 15.4. The van der Waals surface area contributed by atoms with Crippen LogP contribution in [0.25, 0.3) is 0 Å². The largest absolute Gasteiger partial charge is 0.493 e. The van der Waals surface area contributed by atoms with E-state index in [0.717, 1.165) is 17.1 Å². The van der Waals surface area contributed by atoms with Gasteiger partial charge in [0.15, 0.2) is 28.8 Å². The van der Waals surface area contributed by atoms with E-state index in [1.807, 2.05) is 24.3 Å². The average molecular weight is 356 g/mol. The Balaban J connectivity index is 1.91. The summed E-state index contributed by atoms with van der Waals surface area (Å²) in [5.74, 6) is 2.55. The second-order valence-electron chi connectivity index (χ2n) is 6.62. The van der Waals surface area contributed by atoms with E-state index < -0.39 is 5.41 Å². The third kappa shape index (κ3) is 3.09. The van der Waals surface area contributed by atoms with E-state index in [-0.39, 0.29) is 18.5 Å². The van der Waals surface area contributed by atoms with Crippen molar-refractivity contribution < 1.29 is 23.7 Å². The number of ketones is 1. The molecule has 5 nitrogen and oxygen atoms in total. The summed E-state index contributed by atoms with van der Waals surface area (Å²) in [6, 6.07) is 5.90. The summed E-state index contributed by atoms with van der Waals surface area (Å²) < 4.78 is 21.6. The summed E-state index contributed by atoms with van der Waals surface area (Å²) in [4.78, 5) is 13.0. The predicted molar refractivity (Wildman–Crippen MR) is 97.9 cm³/mol. The Morgan fingerprint density at radius 2 is 1.96 bits per heavy atom. The Morgan fingerprint density at radius 3 is 2.65 bits per heavy atom. The quantitative estimate of drug-likeness (QED) is 0.696. The van der Waals surface area contributed by atoms with E-state index in [9.17, 15) is 4.79 Å². The zero-order chi connectivity index (χ0) is 18.7. The van der Waals surface area contributed by atoms with E-state index >= 15 is 0 Å². The predicted octanol–water partition coefficient (Wildman–Crippen LogP) is 3.80. The first-order valence-electron chi connectivity index (χ1n) is 8.61. The van der Waals surface area contributed by atoms with Crippen LogP contribution in [0.4, 0.5) is 0 Å². The number of hydrogen-bond acceptors (Lipinski definition) is 5. The molecule has 2 atom stereocenters. The van der Waals surface area contributed by atoms with Gasteiger partial charge in [0.1, 0.15) is 0 Å². The van der Waals surface area contributed by atoms with Crippen molar-refractivity contribution >= 4 is 5.78 Å². The number of hydrogen-bond donors (Lipinski definition) is 0. The molecule has 0 bridgehead atoms. The van der Waals surface area contributed by atoms with Crippen LogP contribution in [-0.4, -0.2) is 26.8 Å². The number of rotatable bonds is 7. The van der Waals surface area contributed by atoms with Gasteiger partial charge in [-0.3, -0.25) is 4.79 Å². The molecule has 0 unspecified atom stereocenters. The molecule has 1 aromatic carbocycles. The Labute approximate surface area is 153 Å². The van der Waals surface area contributed by atoms with Gasteiger partial charge in [0.2, 0.25) is 6.79 Å². The molecule has 138 valence electrons. The maximum atomic E-state index is 13.0. The summed E-state index contributed by atoms with van der Waals surface area (Å²) in [5.41, 5.74) is 0.373. The van der Waals surface area contributed by atoms with E-state index in [1.54, 1.807) is 13.2 Å². The van der Waals surface area contributed by atoms with Crippen LogP contribution in [0.5, 0.6) is 11.5 Å². The molecule has 0 fully saturated rings. The van der Waals surface area contributed by atoms with Gasteiger partial charge in [-0.05, 0) is 42.5 Å². The topological polar surface area (TPSA) is 54.0 Å². The van der Waals surface area contributed by atoms with Crippen molar-refractivity contribution in [3.63, 3.8) is 0 Å². The van der Waals surface area contributed by atoms with Crippen LogP contribution in [0, 0.1) is 11.3 Å². The van der Waals surface area contributed by atoms with Crippen LogP contribution in [0.15, 0.2) is 54.5 Å². The molecular weight excluding hydrogens is 332 g/mol. The average Bonchev–Trinajstić information content (AvgIpc) is 3.10. The van der Waals surface area contributed by atoms with E-state index in [2.05, 4.69) is 13.5 Å². The maximum Gasteiger partial charge on any atom is 0.231 e. The fourth-order valence-electron chi connectivity index (χ4n) is 3.61. The molecule has 2 aliphatic rings. The number of carbonyl (C=O) groups is 1. The van der Waals surface area contributed by atoms with Crippen LogP contribution in [0.1, 0.15) is 18.9 Å². The second kappa shape index (κ2) is 7.28. The molecule has 26 heavy (non-hydrogen) atoms. The highest BCUT2D eigenvalue weighted by Gasteiger charge is 2.43. The summed E-state index contributed by atoms with van der Waals surface area (Å²) in [6.07, 6.45) is 6.42. The molecule has 0 aromatic heterocycles. The van der Waals surface area contributed by atoms with Gasteiger partial charge in [-0.1, -0.05) is 19.1 Å². The lowest BCUT2D eigenvalue weighted by molar-refractivity contribution is -0.124. The third-order valence-corrected chi connectivity index (χ3v) is 5.13. The molecule has 1 aliphatic carbocycles. The van der Waals surface area contributed by atoms with Gasteiger partial charge >= 0.3 is 0 Å². The fraction of sp³-hybridized carbons (Fsp3) is 0.381. The van der Waals surface area contributed by atoms with Crippen molar-refractivity contribution in [2.75, 3.05) is 21.0 Å². The highest BCUT2D eigenvalue weighted by molar-refractivity contribution is 5.99. The number of methoxy groups -OCH3 is 2. The molecule has 0 saturated heterocycles. The van der Waals surface area contributed by atoms with Crippen LogP contribution >= 0.6 is 0 Å². The first kappa shape index (κ1) is 18.1. The number of carbonyl (C=O) groups excluding carboxylic acids is 1. The fourth-order valence-corrected chi connectivity index (χ4v) is 3.61. The summed E-state index contributed by atoms with van der Waals surface area (Å²) >= 11 is 0. The summed E-state index contributed by atoms with van der Waals surface area (Å²) in [7, 11) is 3.11. The van der Waals surface area contributed by atoms with Gasteiger partial charge in [-0.25, -0.2) is 0 Å². The lowest BCUT2D eigenvalue weighted by atomic mass is 9.66. The monoisotopic (exact) mass is 356 g/mol. The molecule has 0 saturated carbocycles. The molecular formula is C21H24O5. The Morgan fingerprint density at radius 1 is 1.23 bits per heavy atom. The van der Waals surface area contributed by atoms with Crippen molar-refractivity contribution in [3.05, 3.63) is 60.1 Å². The smallest absolute Gasteiger partial charge is 0.231 e. The third-order valence-electron chi connectivity index (χ3n) is 5.13. The minimum absolute atomic E-state index is 0.00305. The van der Waals surface area contributed by atoms with Gasteiger partial charge < -0.3 is 18.9 Å². The van der Waals surface area contributed by atoms with Gasteiger partial charge in [-0.2, -0.15) is 0 Å². The van der Waals surface area contributed by atoms with E-state index in [4.69, 9.17) is 18.9 Å². The van der Waals surface area contributed by atoms with Gasteiger partial charge in [0.25, 0.3) is 0 Å². The second-order valence-corrected chi connectivity index (χ2v) is 6.62. The highest BCUT2D eigenvalue weighted by atomic mass is 16.7. The maximum absolute atomic E-state index is 13.0. The molecule has 1 aromatic rings. The number of ether oxygens (including phenoxy) is 4. The first-order valence-corrected chi connectivity index (χ1v) is 8.61. The summed E-state index contributed by atoms with van der Waals surface area (Å²) in [6.45, 7) is 6.17. The van der Waals surface area contributed by atoms with Crippen LogP contribution in [0.2, 0.25) is 0 Å². The highest BCUT2D eigenvalue weighted by Crippen LogP contribution is 2.43. The van der Waals surface area contributed by atoms with E-state index in [0.29, 0.717) is 24.4 Å². The van der Waals surface area contributed by atoms with Crippen molar-refractivity contribution in [3.8, 4) is 11.5 Å². The van der Waals surface area contributed by atoms with Crippen LogP contribution in [0.3, 0.4) is 0 Å². The Kier molecular flexibility index (Phi) is 5.07. The molecule has 1 heterocycles. The molecule has 1 aliphatic heterocycles. The molecule has 0 spiro atoms. The molecule has 0 N–H and O–H groups in total. The van der Waals surface area contributed by atoms with Crippen LogP contribution < -0.4 is 9.47 Å².